The highest BCUT2D eigenvalue weighted by Crippen LogP contribution is 2.20. The lowest BCUT2D eigenvalue weighted by Gasteiger charge is -2.34. The molecule has 0 aliphatic carbocycles. The van der Waals surface area contributed by atoms with Crippen LogP contribution in [0.15, 0.2) is 18.2 Å². The van der Waals surface area contributed by atoms with E-state index in [0.29, 0.717) is 12.8 Å². The number of primary amides is 1. The van der Waals surface area contributed by atoms with Gasteiger partial charge in [-0.1, -0.05) is 11.6 Å². The van der Waals surface area contributed by atoms with Crippen LogP contribution in [-0.2, 0) is 4.79 Å². The van der Waals surface area contributed by atoms with E-state index >= 15 is 0 Å². The quantitative estimate of drug-likeness (QED) is 0.876. The highest BCUT2D eigenvalue weighted by molar-refractivity contribution is 6.31. The Balaban J connectivity index is 2.28. The molecule has 7 heteroatoms. The number of nitrogens with zero attached hydrogens (tertiary/aromatic N) is 1. The van der Waals surface area contributed by atoms with E-state index in [2.05, 4.69) is 5.32 Å². The SMILES string of the molecule is NC(=O)CN(C(=O)c1cc(Cl)ccc1F)C1CCNCC1. The van der Waals surface area contributed by atoms with E-state index in [1.807, 2.05) is 0 Å². The van der Waals surface area contributed by atoms with Crippen LogP contribution in [0.4, 0.5) is 4.39 Å². The van der Waals surface area contributed by atoms with Crippen LogP contribution in [0.1, 0.15) is 23.2 Å². The number of hydrogen-bond donors (Lipinski definition) is 2. The van der Waals surface area contributed by atoms with E-state index in [1.54, 1.807) is 0 Å². The molecule has 0 bridgehead atoms. The van der Waals surface area contributed by atoms with Gasteiger partial charge >= 0.3 is 0 Å². The lowest BCUT2D eigenvalue weighted by atomic mass is 10.0. The number of nitrogens with one attached hydrogen (secondary N) is 1. The molecule has 2 rings (SSSR count). The van der Waals surface area contributed by atoms with Gasteiger partial charge in [0.15, 0.2) is 0 Å². The molecule has 0 saturated carbocycles. The van der Waals surface area contributed by atoms with Gasteiger partial charge in [-0.3, -0.25) is 9.59 Å². The molecule has 0 aromatic heterocycles. The van der Waals surface area contributed by atoms with Gasteiger partial charge in [-0.15, -0.1) is 0 Å². The first kappa shape index (κ1) is 15.7. The fourth-order valence-corrected chi connectivity index (χ4v) is 2.64. The van der Waals surface area contributed by atoms with E-state index in [0.717, 1.165) is 19.2 Å². The second-order valence-corrected chi connectivity index (χ2v) is 5.44. The molecule has 1 heterocycles. The largest absolute Gasteiger partial charge is 0.368 e. The van der Waals surface area contributed by atoms with Crippen molar-refractivity contribution in [2.75, 3.05) is 19.6 Å². The van der Waals surface area contributed by atoms with Crippen molar-refractivity contribution >= 4 is 23.4 Å². The summed E-state index contributed by atoms with van der Waals surface area (Å²) < 4.78 is 13.9. The van der Waals surface area contributed by atoms with E-state index in [4.69, 9.17) is 17.3 Å². The molecule has 3 N–H and O–H groups in total. The summed E-state index contributed by atoms with van der Waals surface area (Å²) in [5, 5.41) is 3.44. The topological polar surface area (TPSA) is 75.4 Å². The molecule has 114 valence electrons. The average molecular weight is 314 g/mol. The lowest BCUT2D eigenvalue weighted by Crippen LogP contribution is -2.49. The van der Waals surface area contributed by atoms with Crippen molar-refractivity contribution in [2.24, 2.45) is 5.73 Å². The number of nitrogens with two attached hydrogens (primary N) is 1. The first-order chi connectivity index (χ1) is 9.99. The number of hydrogen-bond acceptors (Lipinski definition) is 3. The summed E-state index contributed by atoms with van der Waals surface area (Å²) in [6, 6.07) is 3.65. The standard InChI is InChI=1S/C14H17ClFN3O2/c15-9-1-2-12(16)11(7-9)14(21)19(8-13(17)20)10-3-5-18-6-4-10/h1-2,7,10,18H,3-6,8H2,(H2,17,20). The third-order valence-corrected chi connectivity index (χ3v) is 3.73. The second kappa shape index (κ2) is 6.87. The molecule has 21 heavy (non-hydrogen) atoms. The zero-order valence-corrected chi connectivity index (χ0v) is 12.2. The van der Waals surface area contributed by atoms with Crippen molar-refractivity contribution in [3.05, 3.63) is 34.6 Å². The molecular weight excluding hydrogens is 297 g/mol. The van der Waals surface area contributed by atoms with Crippen LogP contribution in [0.25, 0.3) is 0 Å². The Morgan fingerprint density at radius 1 is 1.38 bits per heavy atom. The third-order valence-electron chi connectivity index (χ3n) is 3.50. The van der Waals surface area contributed by atoms with Crippen molar-refractivity contribution in [2.45, 2.75) is 18.9 Å². The van der Waals surface area contributed by atoms with Crippen LogP contribution in [-0.4, -0.2) is 42.4 Å². The molecule has 0 radical (unpaired) electrons. The molecule has 1 fully saturated rings. The smallest absolute Gasteiger partial charge is 0.257 e. The predicted octanol–water partition coefficient (Wildman–Crippen LogP) is 1.16. The Kier molecular flexibility index (Phi) is 5.14. The number of piperidine rings is 1. The number of benzene rings is 1. The molecule has 5 nitrogen and oxygen atoms in total. The molecule has 0 atom stereocenters. The predicted molar refractivity (Wildman–Crippen MR) is 77.5 cm³/mol. The summed E-state index contributed by atoms with van der Waals surface area (Å²) in [5.74, 6) is -1.84. The Morgan fingerprint density at radius 2 is 2.05 bits per heavy atom. The number of amides is 2. The summed E-state index contributed by atoms with van der Waals surface area (Å²) in [4.78, 5) is 25.1. The molecule has 0 spiro atoms. The number of carbonyl (C=O) groups excluding carboxylic acids is 2. The van der Waals surface area contributed by atoms with Gasteiger partial charge in [-0.2, -0.15) is 0 Å². The van der Waals surface area contributed by atoms with Crippen LogP contribution in [0.5, 0.6) is 0 Å². The monoisotopic (exact) mass is 313 g/mol. The first-order valence-electron chi connectivity index (χ1n) is 6.74. The average Bonchev–Trinajstić information content (AvgIpc) is 2.47. The Hall–Kier alpha value is -1.66. The summed E-state index contributed by atoms with van der Waals surface area (Å²) >= 11 is 5.82. The van der Waals surface area contributed by atoms with Gasteiger partial charge < -0.3 is 16.0 Å². The molecule has 1 aromatic rings. The first-order valence-corrected chi connectivity index (χ1v) is 7.12. The van der Waals surface area contributed by atoms with Crippen molar-refractivity contribution in [3.8, 4) is 0 Å². The number of halogens is 2. The van der Waals surface area contributed by atoms with E-state index in [-0.39, 0.29) is 23.2 Å². The molecular formula is C14H17ClFN3O2. The lowest BCUT2D eigenvalue weighted by molar-refractivity contribution is -0.119. The van der Waals surface area contributed by atoms with Crippen molar-refractivity contribution in [3.63, 3.8) is 0 Å². The highest BCUT2D eigenvalue weighted by atomic mass is 35.5. The Labute approximate surface area is 127 Å². The zero-order valence-electron chi connectivity index (χ0n) is 11.4. The van der Waals surface area contributed by atoms with Gasteiger partial charge in [0.25, 0.3) is 5.91 Å². The van der Waals surface area contributed by atoms with Gasteiger partial charge in [0.2, 0.25) is 5.91 Å². The van der Waals surface area contributed by atoms with Gasteiger partial charge in [0.1, 0.15) is 5.82 Å². The van der Waals surface area contributed by atoms with Crippen LogP contribution in [0, 0.1) is 5.82 Å². The third kappa shape index (κ3) is 3.92. The van der Waals surface area contributed by atoms with E-state index in [9.17, 15) is 14.0 Å². The van der Waals surface area contributed by atoms with Crippen LogP contribution in [0.2, 0.25) is 5.02 Å². The van der Waals surface area contributed by atoms with E-state index < -0.39 is 17.6 Å². The van der Waals surface area contributed by atoms with Crippen LogP contribution < -0.4 is 11.1 Å². The molecule has 0 unspecified atom stereocenters. The normalized spacial score (nSPS) is 15.7. The van der Waals surface area contributed by atoms with Crippen LogP contribution in [0.3, 0.4) is 0 Å². The van der Waals surface area contributed by atoms with Gasteiger partial charge in [-0.25, -0.2) is 4.39 Å². The molecule has 2 amide bonds. The van der Waals surface area contributed by atoms with Gasteiger partial charge in [0.05, 0.1) is 12.1 Å². The molecule has 1 aromatic carbocycles. The number of carbonyl (C=O) groups is 2. The fourth-order valence-electron chi connectivity index (χ4n) is 2.47. The summed E-state index contributed by atoms with van der Waals surface area (Å²) in [5.41, 5.74) is 5.08. The Morgan fingerprint density at radius 3 is 2.67 bits per heavy atom. The van der Waals surface area contributed by atoms with Gasteiger partial charge in [-0.05, 0) is 44.1 Å². The van der Waals surface area contributed by atoms with Crippen LogP contribution >= 0.6 is 11.6 Å². The Bertz CT molecular complexity index is 547. The molecule has 1 aliphatic rings. The maximum atomic E-state index is 13.9. The molecule has 1 aliphatic heterocycles. The minimum Gasteiger partial charge on any atom is -0.368 e. The van der Waals surface area contributed by atoms with Gasteiger partial charge in [0, 0.05) is 11.1 Å². The number of rotatable bonds is 4. The summed E-state index contributed by atoms with van der Waals surface area (Å²) in [6.07, 6.45) is 1.39. The highest BCUT2D eigenvalue weighted by Gasteiger charge is 2.29. The van der Waals surface area contributed by atoms with Crippen molar-refractivity contribution < 1.29 is 14.0 Å². The minimum atomic E-state index is -0.659. The fraction of sp³-hybridized carbons (Fsp3) is 0.429. The minimum absolute atomic E-state index is 0.135. The van der Waals surface area contributed by atoms with Crippen molar-refractivity contribution in [1.82, 2.24) is 10.2 Å². The second-order valence-electron chi connectivity index (χ2n) is 5.00. The van der Waals surface area contributed by atoms with Crippen molar-refractivity contribution in [1.29, 1.82) is 0 Å². The maximum Gasteiger partial charge on any atom is 0.257 e. The summed E-state index contributed by atoms with van der Waals surface area (Å²) in [7, 11) is 0. The maximum absolute atomic E-state index is 13.9. The zero-order chi connectivity index (χ0) is 15.4. The molecule has 1 saturated heterocycles. The summed E-state index contributed by atoms with van der Waals surface area (Å²) in [6.45, 7) is 1.26. The van der Waals surface area contributed by atoms with E-state index in [1.165, 1.54) is 17.0 Å².